The molecule has 0 aliphatic carbocycles. The number of esters is 1. The van der Waals surface area contributed by atoms with E-state index in [4.69, 9.17) is 21.1 Å². The second-order valence-corrected chi connectivity index (χ2v) is 8.53. The van der Waals surface area contributed by atoms with Crippen LogP contribution in [0.5, 0.6) is 5.75 Å². The summed E-state index contributed by atoms with van der Waals surface area (Å²) in [5.41, 5.74) is 2.72. The molecule has 2 aromatic carbocycles. The van der Waals surface area contributed by atoms with Crippen molar-refractivity contribution in [2.45, 2.75) is 33.1 Å². The predicted octanol–water partition coefficient (Wildman–Crippen LogP) is 5.37. The van der Waals surface area contributed by atoms with Gasteiger partial charge >= 0.3 is 11.9 Å². The normalized spacial score (nSPS) is 11.7. The molecule has 3 aromatic rings. The van der Waals surface area contributed by atoms with Crippen LogP contribution in [0.25, 0.3) is 10.9 Å². The number of hydrogen-bond donors (Lipinski definition) is 1. The Kier molecular flexibility index (Phi) is 7.79. The van der Waals surface area contributed by atoms with Gasteiger partial charge in [0, 0.05) is 27.7 Å². The number of carbonyl (C=O) groups is 3. The van der Waals surface area contributed by atoms with Gasteiger partial charge in [0.1, 0.15) is 5.75 Å². The van der Waals surface area contributed by atoms with Crippen LogP contribution in [0.3, 0.4) is 0 Å². The Bertz CT molecular complexity index is 1270. The van der Waals surface area contributed by atoms with E-state index < -0.39 is 17.9 Å². The van der Waals surface area contributed by atoms with Crippen LogP contribution in [0, 0.1) is 6.92 Å². The number of nitrogens with zero attached hydrogens (tertiary/aromatic N) is 1. The van der Waals surface area contributed by atoms with Crippen molar-refractivity contribution in [2.24, 2.45) is 0 Å². The van der Waals surface area contributed by atoms with Crippen molar-refractivity contribution < 1.29 is 29.0 Å². The maximum Gasteiger partial charge on any atom is 0.330 e. The topological polar surface area (TPSA) is 94.8 Å². The van der Waals surface area contributed by atoms with E-state index in [9.17, 15) is 19.5 Å². The van der Waals surface area contributed by atoms with Gasteiger partial charge in [-0.3, -0.25) is 14.2 Å². The molecule has 8 heteroatoms. The molecule has 3 rings (SSSR count). The van der Waals surface area contributed by atoms with Gasteiger partial charge in [-0.05, 0) is 75.2 Å². The quantitative estimate of drug-likeness (QED) is 0.342. The first-order valence-electron chi connectivity index (χ1n) is 10.7. The Morgan fingerprint density at radius 2 is 1.79 bits per heavy atom. The highest BCUT2D eigenvalue weighted by Crippen LogP contribution is 2.36. The molecule has 1 N–H and O–H groups in total. The van der Waals surface area contributed by atoms with E-state index in [1.165, 1.54) is 17.8 Å². The third-order valence-corrected chi connectivity index (χ3v) is 5.71. The average Bonchev–Trinajstić information content (AvgIpc) is 3.06. The molecule has 0 spiro atoms. The van der Waals surface area contributed by atoms with Crippen molar-refractivity contribution >= 4 is 40.3 Å². The molecule has 7 nitrogen and oxygen atoms in total. The van der Waals surface area contributed by atoms with Crippen molar-refractivity contribution in [3.63, 3.8) is 0 Å². The molecular weight excluding hydrogens is 458 g/mol. The molecule has 0 fully saturated rings. The first kappa shape index (κ1) is 25.1. The number of fused-ring (bicyclic) bond motifs is 1. The van der Waals surface area contributed by atoms with Gasteiger partial charge in [0.15, 0.2) is 0 Å². The van der Waals surface area contributed by atoms with Crippen LogP contribution in [-0.4, -0.2) is 41.2 Å². The van der Waals surface area contributed by atoms with E-state index in [0.717, 1.165) is 5.57 Å². The minimum atomic E-state index is -1.08. The molecule has 0 aliphatic heterocycles. The highest BCUT2D eigenvalue weighted by Gasteiger charge is 2.30. The molecule has 1 atom stereocenters. The number of allylic oxidation sites excluding steroid dienone is 1. The number of ether oxygens (including phenoxy) is 2. The van der Waals surface area contributed by atoms with Crippen LogP contribution < -0.4 is 4.74 Å². The fourth-order valence-electron chi connectivity index (χ4n) is 3.92. The van der Waals surface area contributed by atoms with E-state index in [0.29, 0.717) is 38.5 Å². The molecule has 0 bridgehead atoms. The van der Waals surface area contributed by atoms with E-state index in [1.807, 2.05) is 0 Å². The van der Waals surface area contributed by atoms with Crippen LogP contribution in [0.1, 0.15) is 47.8 Å². The molecule has 1 aromatic heterocycles. The largest absolute Gasteiger partial charge is 0.497 e. The maximum absolute atomic E-state index is 13.4. The number of benzene rings is 2. The molecule has 0 saturated heterocycles. The maximum atomic E-state index is 13.4. The highest BCUT2D eigenvalue weighted by molar-refractivity contribution is 6.30. The zero-order chi connectivity index (χ0) is 25.0. The lowest BCUT2D eigenvalue weighted by molar-refractivity contribution is -0.142. The number of halogens is 1. The third-order valence-electron chi connectivity index (χ3n) is 5.46. The van der Waals surface area contributed by atoms with Gasteiger partial charge in [-0.15, -0.1) is 0 Å². The average molecular weight is 484 g/mol. The molecular formula is C26H26ClNO6. The minimum Gasteiger partial charge on any atom is -0.497 e. The standard InChI is InChI=1S/C26H26ClNO6/c1-15(2)13-23(29)34-12-11-20(26(31)32)24-16(3)28(22-10-9-19(33-4)14-21(22)24)25(30)17-5-7-18(27)8-6-17/h5-10,13-14,20H,11-12H2,1-4H3,(H,31,32). The molecule has 0 radical (unpaired) electrons. The molecule has 0 amide bonds. The fraction of sp³-hybridized carbons (Fsp3) is 0.269. The number of aliphatic carboxylic acids is 1. The summed E-state index contributed by atoms with van der Waals surface area (Å²) in [7, 11) is 1.51. The predicted molar refractivity (Wildman–Crippen MR) is 130 cm³/mol. The van der Waals surface area contributed by atoms with Crippen LogP contribution in [0.4, 0.5) is 0 Å². The number of carboxylic acids is 1. The number of rotatable bonds is 8. The Hall–Kier alpha value is -3.58. The number of hydrogen-bond acceptors (Lipinski definition) is 5. The summed E-state index contributed by atoms with van der Waals surface area (Å²) in [6, 6.07) is 11.7. The zero-order valence-electron chi connectivity index (χ0n) is 19.4. The van der Waals surface area contributed by atoms with Gasteiger partial charge < -0.3 is 14.6 Å². The smallest absolute Gasteiger partial charge is 0.330 e. The van der Waals surface area contributed by atoms with Gasteiger partial charge in [-0.2, -0.15) is 0 Å². The SMILES string of the molecule is COc1ccc2c(c1)c(C(CCOC(=O)C=C(C)C)C(=O)O)c(C)n2C(=O)c1ccc(Cl)cc1. The van der Waals surface area contributed by atoms with Gasteiger partial charge in [0.05, 0.1) is 25.2 Å². The van der Waals surface area contributed by atoms with Crippen LogP contribution in [-0.2, 0) is 14.3 Å². The molecule has 1 heterocycles. The Labute approximate surface area is 202 Å². The second-order valence-electron chi connectivity index (χ2n) is 8.10. The van der Waals surface area contributed by atoms with E-state index in [1.54, 1.807) is 63.2 Å². The summed E-state index contributed by atoms with van der Waals surface area (Å²) < 4.78 is 12.0. The number of methoxy groups -OCH3 is 1. The van der Waals surface area contributed by atoms with Gasteiger partial charge in [0.25, 0.3) is 5.91 Å². The number of aromatic nitrogens is 1. The van der Waals surface area contributed by atoms with E-state index >= 15 is 0 Å². The summed E-state index contributed by atoms with van der Waals surface area (Å²) >= 11 is 5.96. The summed E-state index contributed by atoms with van der Waals surface area (Å²) in [4.78, 5) is 37.6. The number of carbonyl (C=O) groups excluding carboxylic acids is 2. The van der Waals surface area contributed by atoms with Crippen molar-refractivity contribution in [3.8, 4) is 5.75 Å². The van der Waals surface area contributed by atoms with E-state index in [2.05, 4.69) is 0 Å². The summed E-state index contributed by atoms with van der Waals surface area (Å²) in [6.07, 6.45) is 1.40. The first-order chi connectivity index (χ1) is 16.1. The number of carboxylic acid groups (broad SMARTS) is 1. The molecule has 34 heavy (non-hydrogen) atoms. The summed E-state index contributed by atoms with van der Waals surface area (Å²) in [5, 5.41) is 11.1. The van der Waals surface area contributed by atoms with Crippen molar-refractivity contribution in [2.75, 3.05) is 13.7 Å². The highest BCUT2D eigenvalue weighted by atomic mass is 35.5. The van der Waals surface area contributed by atoms with Crippen molar-refractivity contribution in [1.29, 1.82) is 0 Å². The first-order valence-corrected chi connectivity index (χ1v) is 11.1. The van der Waals surface area contributed by atoms with Crippen molar-refractivity contribution in [3.05, 3.63) is 76.0 Å². The van der Waals surface area contributed by atoms with Crippen LogP contribution in [0.2, 0.25) is 5.02 Å². The lowest BCUT2D eigenvalue weighted by Crippen LogP contribution is -2.18. The molecule has 0 aliphatic rings. The Morgan fingerprint density at radius 3 is 2.38 bits per heavy atom. The summed E-state index contributed by atoms with van der Waals surface area (Å²) in [6.45, 7) is 5.16. The monoisotopic (exact) mass is 483 g/mol. The molecule has 0 saturated carbocycles. The summed E-state index contributed by atoms with van der Waals surface area (Å²) in [5.74, 6) is -2.39. The second kappa shape index (κ2) is 10.6. The molecule has 178 valence electrons. The van der Waals surface area contributed by atoms with E-state index in [-0.39, 0.29) is 18.9 Å². The lowest BCUT2D eigenvalue weighted by Gasteiger charge is -2.14. The van der Waals surface area contributed by atoms with Gasteiger partial charge in [-0.1, -0.05) is 17.2 Å². The molecule has 1 unspecified atom stereocenters. The van der Waals surface area contributed by atoms with Gasteiger partial charge in [-0.25, -0.2) is 4.79 Å². The van der Waals surface area contributed by atoms with Crippen LogP contribution >= 0.6 is 11.6 Å². The van der Waals surface area contributed by atoms with Crippen LogP contribution in [0.15, 0.2) is 54.1 Å². The Morgan fingerprint density at radius 1 is 1.12 bits per heavy atom. The minimum absolute atomic E-state index is 0.0456. The lowest BCUT2D eigenvalue weighted by atomic mass is 9.93. The van der Waals surface area contributed by atoms with Crippen molar-refractivity contribution in [1.82, 2.24) is 4.57 Å². The van der Waals surface area contributed by atoms with Gasteiger partial charge in [0.2, 0.25) is 0 Å². The Balaban J connectivity index is 2.09. The third kappa shape index (κ3) is 5.31. The zero-order valence-corrected chi connectivity index (χ0v) is 20.2. The fourth-order valence-corrected chi connectivity index (χ4v) is 4.04.